The Morgan fingerprint density at radius 3 is 3.00 bits per heavy atom. The third kappa shape index (κ3) is 1.93. The van der Waals surface area contributed by atoms with Crippen LogP contribution in [-0.4, -0.2) is 16.6 Å². The van der Waals surface area contributed by atoms with E-state index in [1.807, 2.05) is 11.8 Å². The van der Waals surface area contributed by atoms with E-state index in [1.165, 1.54) is 12.1 Å². The van der Waals surface area contributed by atoms with Gasteiger partial charge in [-0.05, 0) is 24.6 Å². The van der Waals surface area contributed by atoms with Crippen molar-refractivity contribution in [2.45, 2.75) is 36.7 Å². The molecule has 0 aromatic heterocycles. The number of fused-ring (bicyclic) bond motifs is 1. The Bertz CT molecular complexity index is 453. The molecule has 1 spiro atoms. The van der Waals surface area contributed by atoms with E-state index in [0.717, 1.165) is 29.9 Å². The van der Waals surface area contributed by atoms with Crippen LogP contribution in [0, 0.1) is 5.82 Å². The fourth-order valence-electron chi connectivity index (χ4n) is 2.84. The summed E-state index contributed by atoms with van der Waals surface area (Å²) in [5, 5.41) is 0.615. The van der Waals surface area contributed by atoms with Crippen LogP contribution in [0.15, 0.2) is 18.2 Å². The summed E-state index contributed by atoms with van der Waals surface area (Å²) in [5.74, 6) is 1.51. The highest BCUT2D eigenvalue weighted by atomic mass is 32.2. The maximum atomic E-state index is 13.2. The zero-order valence-corrected chi connectivity index (χ0v) is 10.6. The van der Waals surface area contributed by atoms with Crippen LogP contribution in [-0.2, 0) is 0 Å². The maximum absolute atomic E-state index is 13.2. The summed E-state index contributed by atoms with van der Waals surface area (Å²) >= 11 is 1.93. The van der Waals surface area contributed by atoms with Gasteiger partial charge in [0.05, 0.1) is 0 Å². The number of hydrogen-bond donors (Lipinski definition) is 1. The SMILES string of the molecule is CC1CC2(CS1)C[C@@H](N)c1cc(F)ccc1O2. The Morgan fingerprint density at radius 1 is 1.47 bits per heavy atom. The average molecular weight is 253 g/mol. The summed E-state index contributed by atoms with van der Waals surface area (Å²) < 4.78 is 19.3. The normalized spacial score (nSPS) is 35.7. The van der Waals surface area contributed by atoms with Gasteiger partial charge in [0, 0.05) is 29.0 Å². The summed E-state index contributed by atoms with van der Waals surface area (Å²) in [6.07, 6.45) is 1.82. The van der Waals surface area contributed by atoms with Crippen molar-refractivity contribution >= 4 is 11.8 Å². The Labute approximate surface area is 105 Å². The number of thioether (sulfide) groups is 1. The number of hydrogen-bond acceptors (Lipinski definition) is 3. The van der Waals surface area contributed by atoms with Crippen molar-refractivity contribution in [2.24, 2.45) is 5.73 Å². The van der Waals surface area contributed by atoms with Crippen LogP contribution >= 0.6 is 11.8 Å². The van der Waals surface area contributed by atoms with Crippen LogP contribution in [0.4, 0.5) is 4.39 Å². The number of benzene rings is 1. The molecule has 92 valence electrons. The molecule has 0 amide bonds. The highest BCUT2D eigenvalue weighted by Crippen LogP contribution is 2.47. The third-order valence-corrected chi connectivity index (χ3v) is 5.01. The Hall–Kier alpha value is -0.740. The molecule has 0 aliphatic carbocycles. The minimum Gasteiger partial charge on any atom is -0.486 e. The van der Waals surface area contributed by atoms with E-state index >= 15 is 0 Å². The smallest absolute Gasteiger partial charge is 0.125 e. The van der Waals surface area contributed by atoms with Crippen molar-refractivity contribution in [3.8, 4) is 5.75 Å². The summed E-state index contributed by atoms with van der Waals surface area (Å²) in [6, 6.07) is 4.54. The van der Waals surface area contributed by atoms with Crippen LogP contribution in [0.5, 0.6) is 5.75 Å². The van der Waals surface area contributed by atoms with Gasteiger partial charge >= 0.3 is 0 Å². The lowest BCUT2D eigenvalue weighted by Crippen LogP contribution is -2.43. The van der Waals surface area contributed by atoms with Crippen LogP contribution in [0.25, 0.3) is 0 Å². The Balaban J connectivity index is 1.96. The predicted molar refractivity (Wildman–Crippen MR) is 67.8 cm³/mol. The van der Waals surface area contributed by atoms with Crippen molar-refractivity contribution < 1.29 is 9.13 Å². The second-order valence-corrected chi connectivity index (χ2v) is 6.53. The highest BCUT2D eigenvalue weighted by Gasteiger charge is 2.45. The molecular weight excluding hydrogens is 237 g/mol. The zero-order chi connectivity index (χ0) is 12.0. The molecule has 2 N–H and O–H groups in total. The minimum atomic E-state index is -0.243. The largest absolute Gasteiger partial charge is 0.486 e. The van der Waals surface area contributed by atoms with Gasteiger partial charge in [-0.2, -0.15) is 11.8 Å². The van der Waals surface area contributed by atoms with Crippen molar-refractivity contribution in [2.75, 3.05) is 5.75 Å². The second kappa shape index (κ2) is 3.89. The van der Waals surface area contributed by atoms with Gasteiger partial charge in [-0.1, -0.05) is 6.92 Å². The molecule has 2 unspecified atom stereocenters. The minimum absolute atomic E-state index is 0.111. The first-order valence-corrected chi connectivity index (χ1v) is 6.98. The molecule has 0 saturated carbocycles. The van der Waals surface area contributed by atoms with E-state index in [1.54, 1.807) is 6.07 Å². The summed E-state index contributed by atoms with van der Waals surface area (Å²) in [6.45, 7) is 2.22. The molecule has 3 atom stereocenters. The van der Waals surface area contributed by atoms with E-state index in [9.17, 15) is 4.39 Å². The Kier molecular flexibility index (Phi) is 2.60. The van der Waals surface area contributed by atoms with Crippen LogP contribution in [0.3, 0.4) is 0 Å². The molecule has 4 heteroatoms. The summed E-state index contributed by atoms with van der Waals surface area (Å²) in [5.41, 5.74) is 6.83. The zero-order valence-electron chi connectivity index (χ0n) is 9.78. The molecular formula is C13H16FNOS. The van der Waals surface area contributed by atoms with Crippen LogP contribution in [0.2, 0.25) is 0 Å². The average Bonchev–Trinajstić information content (AvgIpc) is 2.61. The lowest BCUT2D eigenvalue weighted by molar-refractivity contribution is 0.0573. The topological polar surface area (TPSA) is 35.2 Å². The fraction of sp³-hybridized carbons (Fsp3) is 0.538. The number of ether oxygens (including phenoxy) is 1. The fourth-order valence-corrected chi connectivity index (χ4v) is 4.14. The first kappa shape index (κ1) is 11.4. The van der Waals surface area contributed by atoms with Crippen molar-refractivity contribution in [1.82, 2.24) is 0 Å². The molecule has 1 fully saturated rings. The lowest BCUT2D eigenvalue weighted by Gasteiger charge is -2.38. The van der Waals surface area contributed by atoms with E-state index in [2.05, 4.69) is 6.92 Å². The van der Waals surface area contributed by atoms with E-state index < -0.39 is 0 Å². The van der Waals surface area contributed by atoms with E-state index in [-0.39, 0.29) is 17.5 Å². The summed E-state index contributed by atoms with van der Waals surface area (Å²) in [7, 11) is 0. The van der Waals surface area contributed by atoms with E-state index in [4.69, 9.17) is 10.5 Å². The van der Waals surface area contributed by atoms with Crippen molar-refractivity contribution in [1.29, 1.82) is 0 Å². The van der Waals surface area contributed by atoms with Gasteiger partial charge in [-0.3, -0.25) is 0 Å². The second-order valence-electron chi connectivity index (χ2n) is 5.10. The highest BCUT2D eigenvalue weighted by molar-refractivity contribution is 8.00. The molecule has 2 heterocycles. The molecule has 1 aromatic carbocycles. The Morgan fingerprint density at radius 2 is 2.29 bits per heavy atom. The monoisotopic (exact) mass is 253 g/mol. The van der Waals surface area contributed by atoms with Gasteiger partial charge in [0.25, 0.3) is 0 Å². The van der Waals surface area contributed by atoms with Crippen LogP contribution in [0.1, 0.15) is 31.4 Å². The summed E-state index contributed by atoms with van der Waals surface area (Å²) in [4.78, 5) is 0. The maximum Gasteiger partial charge on any atom is 0.125 e. The van der Waals surface area contributed by atoms with Gasteiger partial charge in [-0.15, -0.1) is 0 Å². The van der Waals surface area contributed by atoms with Gasteiger partial charge in [0.15, 0.2) is 0 Å². The molecule has 0 radical (unpaired) electrons. The van der Waals surface area contributed by atoms with Gasteiger partial charge in [0.2, 0.25) is 0 Å². The van der Waals surface area contributed by atoms with Crippen molar-refractivity contribution in [3.05, 3.63) is 29.6 Å². The van der Waals surface area contributed by atoms with Gasteiger partial charge in [-0.25, -0.2) is 4.39 Å². The lowest BCUT2D eigenvalue weighted by atomic mass is 9.86. The molecule has 3 rings (SSSR count). The van der Waals surface area contributed by atoms with Gasteiger partial charge in [0.1, 0.15) is 17.2 Å². The first-order valence-electron chi connectivity index (χ1n) is 5.94. The van der Waals surface area contributed by atoms with Crippen LogP contribution < -0.4 is 10.5 Å². The quantitative estimate of drug-likeness (QED) is 0.772. The molecule has 17 heavy (non-hydrogen) atoms. The number of nitrogens with two attached hydrogens (primary N) is 1. The molecule has 0 bridgehead atoms. The molecule has 1 saturated heterocycles. The standard InChI is InChI=1S/C13H16FNOS/c1-8-5-13(7-17-8)6-11(15)10-4-9(14)2-3-12(10)16-13/h2-4,8,11H,5-7,15H2,1H3/t8?,11-,13?/m1/s1. The first-order chi connectivity index (χ1) is 8.08. The molecule has 2 aliphatic heterocycles. The van der Waals surface area contributed by atoms with E-state index in [0.29, 0.717) is 5.25 Å². The van der Waals surface area contributed by atoms with Gasteiger partial charge < -0.3 is 10.5 Å². The number of rotatable bonds is 0. The molecule has 2 nitrogen and oxygen atoms in total. The predicted octanol–water partition coefficient (Wildman–Crippen LogP) is 2.87. The third-order valence-electron chi connectivity index (χ3n) is 3.58. The molecule has 1 aromatic rings. The number of halogens is 1. The molecule has 2 aliphatic rings. The van der Waals surface area contributed by atoms with Crippen molar-refractivity contribution in [3.63, 3.8) is 0 Å².